The van der Waals surface area contributed by atoms with Crippen LogP contribution in [0, 0.1) is 6.92 Å². The molecule has 3 aromatic rings. The second-order valence-corrected chi connectivity index (χ2v) is 11.0. The molecule has 5 rings (SSSR count). The fourth-order valence-corrected chi connectivity index (χ4v) is 6.41. The second-order valence-electron chi connectivity index (χ2n) is 8.45. The molecule has 0 amide bonds. The number of aromatic nitrogens is 3. The summed E-state index contributed by atoms with van der Waals surface area (Å²) in [6.07, 6.45) is 4.99. The Kier molecular flexibility index (Phi) is 7.30. The predicted octanol–water partition coefficient (Wildman–Crippen LogP) is 4.13. The maximum Gasteiger partial charge on any atom is 0.238 e. The highest BCUT2D eigenvalue weighted by atomic mass is 32.2. The van der Waals surface area contributed by atoms with Crippen LogP contribution in [0.15, 0.2) is 41.2 Å². The average Bonchev–Trinajstić information content (AvgIpc) is 3.19. The number of aliphatic hydroxyl groups is 1. The Morgan fingerprint density at radius 3 is 2.76 bits per heavy atom. The molecule has 182 valence electrons. The van der Waals surface area contributed by atoms with Crippen molar-refractivity contribution in [2.24, 2.45) is 4.36 Å². The molecular formula is C24H31N5O4S. The summed E-state index contributed by atoms with van der Waals surface area (Å²) < 4.78 is 28.9. The summed E-state index contributed by atoms with van der Waals surface area (Å²) in [5.74, 6) is 2.28. The highest BCUT2D eigenvalue weighted by Gasteiger charge is 2.29. The van der Waals surface area contributed by atoms with Gasteiger partial charge in [-0.25, -0.2) is 19.2 Å². The molecule has 0 spiro atoms. The summed E-state index contributed by atoms with van der Waals surface area (Å²) in [5, 5.41) is 14.2. The number of benzene rings is 1. The Labute approximate surface area is 200 Å². The van der Waals surface area contributed by atoms with Crippen molar-refractivity contribution in [3.8, 4) is 5.88 Å². The third-order valence-electron chi connectivity index (χ3n) is 5.91. The van der Waals surface area contributed by atoms with Crippen molar-refractivity contribution in [3.05, 3.63) is 42.4 Å². The zero-order chi connectivity index (χ0) is 22.8. The van der Waals surface area contributed by atoms with Crippen molar-refractivity contribution in [2.45, 2.75) is 45.8 Å². The summed E-state index contributed by atoms with van der Waals surface area (Å²) >= 11 is 0. The van der Waals surface area contributed by atoms with Gasteiger partial charge in [0, 0.05) is 23.1 Å². The predicted molar refractivity (Wildman–Crippen MR) is 134 cm³/mol. The van der Waals surface area contributed by atoms with E-state index in [-0.39, 0.29) is 14.0 Å². The van der Waals surface area contributed by atoms with Crippen molar-refractivity contribution in [1.29, 1.82) is 0 Å². The first-order valence-electron chi connectivity index (χ1n) is 11.1. The lowest BCUT2D eigenvalue weighted by Crippen LogP contribution is -2.30. The lowest BCUT2D eigenvalue weighted by molar-refractivity contribution is 0.0709. The molecule has 2 aromatic heterocycles. The van der Waals surface area contributed by atoms with Crippen LogP contribution in [0.3, 0.4) is 0 Å². The summed E-state index contributed by atoms with van der Waals surface area (Å²) in [4.78, 5) is 13.2. The van der Waals surface area contributed by atoms with E-state index in [4.69, 9.17) is 9.47 Å². The molecule has 1 aromatic carbocycles. The van der Waals surface area contributed by atoms with Crippen LogP contribution in [-0.4, -0.2) is 61.2 Å². The van der Waals surface area contributed by atoms with Gasteiger partial charge in [0.05, 0.1) is 34.1 Å². The minimum Gasteiger partial charge on any atom is -0.468 e. The quantitative estimate of drug-likeness (QED) is 0.554. The molecule has 2 N–H and O–H groups in total. The topological polar surface area (TPSA) is 119 Å². The van der Waals surface area contributed by atoms with Crippen LogP contribution in [-0.2, 0) is 14.5 Å². The molecule has 0 bridgehead atoms. The number of ether oxygens (including phenoxy) is 2. The van der Waals surface area contributed by atoms with E-state index in [1.807, 2.05) is 25.1 Å². The summed E-state index contributed by atoms with van der Waals surface area (Å²) in [6, 6.07) is 7.43. The molecule has 0 radical (unpaired) electrons. The van der Waals surface area contributed by atoms with Gasteiger partial charge in [0.2, 0.25) is 5.88 Å². The fraction of sp³-hybridized carbons (Fsp3) is 0.458. The first-order valence-corrected chi connectivity index (χ1v) is 13.0. The Morgan fingerprint density at radius 1 is 1.18 bits per heavy atom. The van der Waals surface area contributed by atoms with Crippen molar-refractivity contribution in [1.82, 2.24) is 15.0 Å². The van der Waals surface area contributed by atoms with Gasteiger partial charge in [-0.2, -0.15) is 4.36 Å². The Balaban J connectivity index is 0.00000274. The zero-order valence-electron chi connectivity index (χ0n) is 18.4. The molecule has 9 nitrogen and oxygen atoms in total. The molecule has 2 aliphatic heterocycles. The maximum absolute atomic E-state index is 13.1. The van der Waals surface area contributed by atoms with Gasteiger partial charge in [-0.1, -0.05) is 13.8 Å². The molecule has 2 fully saturated rings. The molecule has 0 unspecified atom stereocenters. The Bertz CT molecular complexity index is 1280. The Hall–Kier alpha value is -2.82. The Morgan fingerprint density at radius 2 is 2.00 bits per heavy atom. The third-order valence-corrected chi connectivity index (χ3v) is 8.30. The molecule has 2 atom stereocenters. The van der Waals surface area contributed by atoms with Crippen LogP contribution in [0.25, 0.3) is 10.9 Å². The van der Waals surface area contributed by atoms with Gasteiger partial charge in [0.25, 0.3) is 0 Å². The van der Waals surface area contributed by atoms with Gasteiger partial charge in [0.15, 0.2) is 6.10 Å². The zero-order valence-corrected chi connectivity index (χ0v) is 19.3. The molecular weight excluding hydrogens is 454 g/mol. The van der Waals surface area contributed by atoms with Gasteiger partial charge < -0.3 is 19.9 Å². The van der Waals surface area contributed by atoms with Crippen LogP contribution < -0.4 is 10.1 Å². The van der Waals surface area contributed by atoms with E-state index in [1.165, 1.54) is 6.33 Å². The number of nitrogens with one attached hydrogen (secondary N) is 1. The van der Waals surface area contributed by atoms with Crippen molar-refractivity contribution >= 4 is 37.8 Å². The maximum atomic E-state index is 13.1. The minimum atomic E-state index is -2.20. The van der Waals surface area contributed by atoms with Gasteiger partial charge >= 0.3 is 0 Å². The highest BCUT2D eigenvalue weighted by Crippen LogP contribution is 2.33. The first-order chi connectivity index (χ1) is 16.0. The molecule has 10 heteroatoms. The van der Waals surface area contributed by atoms with Crippen LogP contribution >= 0.6 is 0 Å². The highest BCUT2D eigenvalue weighted by molar-refractivity contribution is 7.93. The number of nitrogens with zero attached hydrogens (tertiary/aromatic N) is 4. The van der Waals surface area contributed by atoms with Crippen LogP contribution in [0.4, 0.5) is 17.2 Å². The van der Waals surface area contributed by atoms with Crippen molar-refractivity contribution < 1.29 is 18.8 Å². The van der Waals surface area contributed by atoms with Gasteiger partial charge in [-0.15, -0.1) is 0 Å². The van der Waals surface area contributed by atoms with Crippen LogP contribution in [0.1, 0.15) is 32.3 Å². The van der Waals surface area contributed by atoms with E-state index in [1.54, 1.807) is 12.3 Å². The number of pyridine rings is 1. The van der Waals surface area contributed by atoms with Gasteiger partial charge in [-0.05, 0) is 49.6 Å². The van der Waals surface area contributed by atoms with E-state index >= 15 is 0 Å². The van der Waals surface area contributed by atoms with Gasteiger partial charge in [0.1, 0.15) is 23.9 Å². The minimum absolute atomic E-state index is 0. The molecule has 2 saturated heterocycles. The second kappa shape index (κ2) is 10.2. The fourth-order valence-electron chi connectivity index (χ4n) is 4.22. The van der Waals surface area contributed by atoms with Crippen LogP contribution in [0.2, 0.25) is 0 Å². The van der Waals surface area contributed by atoms with E-state index in [0.717, 1.165) is 35.7 Å². The number of hydrogen-bond donors (Lipinski definition) is 2. The largest absolute Gasteiger partial charge is 0.468 e. The van der Waals surface area contributed by atoms with E-state index in [2.05, 4.69) is 24.6 Å². The summed E-state index contributed by atoms with van der Waals surface area (Å²) in [7, 11) is -2.20. The number of anilines is 2. The summed E-state index contributed by atoms with van der Waals surface area (Å²) in [5.41, 5.74) is 2.96. The van der Waals surface area contributed by atoms with Crippen molar-refractivity contribution in [2.75, 3.05) is 30.0 Å². The van der Waals surface area contributed by atoms with Crippen LogP contribution in [0.5, 0.6) is 5.88 Å². The molecule has 34 heavy (non-hydrogen) atoms. The number of aliphatic hydroxyl groups excluding tert-OH is 1. The molecule has 4 heterocycles. The smallest absolute Gasteiger partial charge is 0.238 e. The third kappa shape index (κ3) is 5.13. The molecule has 0 saturated carbocycles. The number of aryl methyl sites for hydroxylation is 1. The monoisotopic (exact) mass is 485 g/mol. The number of hydrogen-bond acceptors (Lipinski definition) is 9. The number of fused-ring (bicyclic) bond motifs is 1. The first kappa shape index (κ1) is 24.3. The average molecular weight is 486 g/mol. The molecule has 0 aliphatic carbocycles. The summed E-state index contributed by atoms with van der Waals surface area (Å²) in [6.45, 7) is 2.52. The van der Waals surface area contributed by atoms with E-state index in [0.29, 0.717) is 41.2 Å². The lowest BCUT2D eigenvalue weighted by Gasteiger charge is -2.18. The lowest BCUT2D eigenvalue weighted by atomic mass is 10.1. The molecule has 2 aliphatic rings. The van der Waals surface area contributed by atoms with E-state index < -0.39 is 21.9 Å². The van der Waals surface area contributed by atoms with Gasteiger partial charge in [-0.3, -0.25) is 0 Å². The normalized spacial score (nSPS) is 21.6. The van der Waals surface area contributed by atoms with Crippen molar-refractivity contribution in [3.63, 3.8) is 0 Å². The SMILES string of the molecule is C.Cc1cc(N=S2(=O)CCCCC2)cc2ncnc(Nc3cccnc3O[C@H]3COC[C@H]3O)c12. The standard InChI is InChI=1S/C23H27N5O4S.CH4/c1-15-10-16(28-33(30)8-3-2-4-9-33)11-18-21(15)22(26-14-25-18)27-17-6-5-7-24-23(17)32-20-13-31-12-19(20)29;/h5-7,10-11,14,19-20,29H,2-4,8-9,12-13H2,1H3,(H,25,26,27);1H4/t19-,20+;/m1./s1. The van der Waals surface area contributed by atoms with E-state index in [9.17, 15) is 9.32 Å². The number of rotatable bonds is 5.